The van der Waals surface area contributed by atoms with E-state index in [-0.39, 0.29) is 0 Å². The van der Waals surface area contributed by atoms with Crippen LogP contribution in [-0.2, 0) is 17.9 Å². The van der Waals surface area contributed by atoms with Gasteiger partial charge in [0, 0.05) is 55.1 Å². The fraction of sp³-hybridized carbons (Fsp3) is 0.280. The van der Waals surface area contributed by atoms with Crippen LogP contribution in [0.15, 0.2) is 48.8 Å². The third-order valence-corrected chi connectivity index (χ3v) is 6.84. The van der Waals surface area contributed by atoms with Crippen LogP contribution in [0.5, 0.6) is 0 Å². The molecular formula is C25H24Cl2N6O3. The standard InChI is InChI=1S/C25H24Cl2N6O3/c1-36-15-24-30-21-13-28-20(11-22(21)33(24)14-17-10-18(26)3-4-19(17)27)16-2-5-23(29-12-16)31-6-8-32(9-7-31)25(34)35/h2-5,10-13H,6-9,14-15H2,1H3,(H,34,35). The van der Waals surface area contributed by atoms with Crippen molar-refractivity contribution in [3.05, 3.63) is 70.2 Å². The molecular weight excluding hydrogens is 503 g/mol. The minimum absolute atomic E-state index is 0.341. The van der Waals surface area contributed by atoms with E-state index in [1.807, 2.05) is 24.3 Å². The molecule has 1 aliphatic heterocycles. The van der Waals surface area contributed by atoms with Crippen molar-refractivity contribution in [3.63, 3.8) is 0 Å². The number of anilines is 1. The summed E-state index contributed by atoms with van der Waals surface area (Å²) in [5, 5.41) is 10.4. The van der Waals surface area contributed by atoms with Crippen LogP contribution in [0.3, 0.4) is 0 Å². The van der Waals surface area contributed by atoms with Crippen molar-refractivity contribution in [2.75, 3.05) is 38.2 Å². The molecule has 4 heterocycles. The fourth-order valence-electron chi connectivity index (χ4n) is 4.34. The van der Waals surface area contributed by atoms with Gasteiger partial charge < -0.3 is 24.2 Å². The number of imidazole rings is 1. The number of hydrogen-bond acceptors (Lipinski definition) is 6. The highest BCUT2D eigenvalue weighted by molar-refractivity contribution is 6.33. The molecule has 0 aliphatic carbocycles. The minimum Gasteiger partial charge on any atom is -0.465 e. The normalized spacial score (nSPS) is 14.0. The van der Waals surface area contributed by atoms with Gasteiger partial charge in [-0.05, 0) is 42.0 Å². The highest BCUT2D eigenvalue weighted by Gasteiger charge is 2.21. The first-order valence-electron chi connectivity index (χ1n) is 11.4. The molecule has 1 aromatic carbocycles. The predicted octanol–water partition coefficient (Wildman–Crippen LogP) is 4.79. The van der Waals surface area contributed by atoms with Crippen molar-refractivity contribution in [2.24, 2.45) is 0 Å². The largest absolute Gasteiger partial charge is 0.465 e. The lowest BCUT2D eigenvalue weighted by molar-refractivity contribution is 0.142. The Hall–Kier alpha value is -3.40. The van der Waals surface area contributed by atoms with Gasteiger partial charge in [-0.1, -0.05) is 23.2 Å². The zero-order chi connectivity index (χ0) is 25.2. The number of aromatic nitrogens is 4. The Kier molecular flexibility index (Phi) is 6.95. The summed E-state index contributed by atoms with van der Waals surface area (Å²) < 4.78 is 7.44. The van der Waals surface area contributed by atoms with Crippen LogP contribution >= 0.6 is 23.2 Å². The van der Waals surface area contributed by atoms with Crippen LogP contribution in [0, 0.1) is 0 Å². The molecule has 9 nitrogen and oxygen atoms in total. The van der Waals surface area contributed by atoms with Crippen molar-refractivity contribution in [2.45, 2.75) is 13.2 Å². The van der Waals surface area contributed by atoms with Gasteiger partial charge in [-0.25, -0.2) is 14.8 Å². The van der Waals surface area contributed by atoms with Crippen LogP contribution in [0.4, 0.5) is 10.6 Å². The number of pyridine rings is 2. The Bertz CT molecular complexity index is 1400. The van der Waals surface area contributed by atoms with Gasteiger partial charge in [-0.15, -0.1) is 0 Å². The lowest BCUT2D eigenvalue weighted by Crippen LogP contribution is -2.48. The maximum Gasteiger partial charge on any atom is 0.407 e. The van der Waals surface area contributed by atoms with Crippen molar-refractivity contribution < 1.29 is 14.6 Å². The van der Waals surface area contributed by atoms with Gasteiger partial charge in [0.2, 0.25) is 0 Å². The van der Waals surface area contributed by atoms with E-state index in [2.05, 4.69) is 19.4 Å². The van der Waals surface area contributed by atoms with Crippen LogP contribution < -0.4 is 4.90 Å². The van der Waals surface area contributed by atoms with Gasteiger partial charge in [0.1, 0.15) is 23.8 Å². The van der Waals surface area contributed by atoms with E-state index < -0.39 is 6.09 Å². The smallest absolute Gasteiger partial charge is 0.407 e. The molecule has 1 aliphatic rings. The molecule has 36 heavy (non-hydrogen) atoms. The number of rotatable bonds is 6. The van der Waals surface area contributed by atoms with E-state index in [1.165, 1.54) is 4.90 Å². The van der Waals surface area contributed by atoms with E-state index in [0.29, 0.717) is 49.4 Å². The molecule has 5 rings (SSSR count). The van der Waals surface area contributed by atoms with Crippen LogP contribution in [0.1, 0.15) is 11.4 Å². The van der Waals surface area contributed by atoms with E-state index in [4.69, 9.17) is 38.0 Å². The predicted molar refractivity (Wildman–Crippen MR) is 139 cm³/mol. The molecule has 0 atom stereocenters. The van der Waals surface area contributed by atoms with Crippen molar-refractivity contribution in [1.29, 1.82) is 0 Å². The van der Waals surface area contributed by atoms with E-state index in [9.17, 15) is 4.79 Å². The molecule has 0 spiro atoms. The number of benzene rings is 1. The number of hydrogen-bond donors (Lipinski definition) is 1. The summed E-state index contributed by atoms with van der Waals surface area (Å²) >= 11 is 12.7. The van der Waals surface area contributed by atoms with Gasteiger partial charge >= 0.3 is 6.09 Å². The number of carboxylic acid groups (broad SMARTS) is 1. The Morgan fingerprint density at radius 1 is 1.06 bits per heavy atom. The second-order valence-electron chi connectivity index (χ2n) is 8.50. The van der Waals surface area contributed by atoms with Gasteiger partial charge in [0.05, 0.1) is 24.0 Å². The van der Waals surface area contributed by atoms with Crippen molar-refractivity contribution in [1.82, 2.24) is 24.4 Å². The summed E-state index contributed by atoms with van der Waals surface area (Å²) in [4.78, 5) is 28.6. The molecule has 186 valence electrons. The zero-order valence-corrected chi connectivity index (χ0v) is 21.1. The molecule has 4 aromatic rings. The highest BCUT2D eigenvalue weighted by Crippen LogP contribution is 2.27. The maximum atomic E-state index is 11.1. The molecule has 0 radical (unpaired) electrons. The number of fused-ring (bicyclic) bond motifs is 1. The summed E-state index contributed by atoms with van der Waals surface area (Å²) in [6.07, 6.45) is 2.65. The number of methoxy groups -OCH3 is 1. The van der Waals surface area contributed by atoms with E-state index in [1.54, 1.807) is 31.6 Å². The maximum absolute atomic E-state index is 11.1. The Morgan fingerprint density at radius 2 is 1.86 bits per heavy atom. The van der Waals surface area contributed by atoms with Crippen LogP contribution in [0.2, 0.25) is 10.0 Å². The number of piperazine rings is 1. The average molecular weight is 527 g/mol. The Labute approximate surface area is 217 Å². The molecule has 1 amide bonds. The summed E-state index contributed by atoms with van der Waals surface area (Å²) in [5.74, 6) is 1.57. The number of amides is 1. The van der Waals surface area contributed by atoms with Crippen molar-refractivity contribution in [3.8, 4) is 11.3 Å². The first-order chi connectivity index (χ1) is 17.4. The number of halogens is 2. The third-order valence-electron chi connectivity index (χ3n) is 6.24. The second-order valence-corrected chi connectivity index (χ2v) is 9.35. The third kappa shape index (κ3) is 4.95. The SMILES string of the molecule is COCc1nc2cnc(-c3ccc(N4CCN(C(=O)O)CC4)nc3)cc2n1Cc1cc(Cl)ccc1Cl. The first-order valence-corrected chi connectivity index (χ1v) is 12.2. The highest BCUT2D eigenvalue weighted by atomic mass is 35.5. The van der Waals surface area contributed by atoms with Gasteiger partial charge in [0.25, 0.3) is 0 Å². The van der Waals surface area contributed by atoms with Gasteiger partial charge in [0.15, 0.2) is 0 Å². The fourth-order valence-corrected chi connectivity index (χ4v) is 4.71. The number of nitrogens with zero attached hydrogens (tertiary/aromatic N) is 6. The van der Waals surface area contributed by atoms with Crippen LogP contribution in [-0.4, -0.2) is 68.9 Å². The molecule has 11 heteroatoms. The average Bonchev–Trinajstić information content (AvgIpc) is 3.22. The molecule has 3 aromatic heterocycles. The first kappa shape index (κ1) is 24.3. The van der Waals surface area contributed by atoms with E-state index >= 15 is 0 Å². The van der Waals surface area contributed by atoms with Crippen molar-refractivity contribution >= 4 is 46.1 Å². The summed E-state index contributed by atoms with van der Waals surface area (Å²) in [6, 6.07) is 11.3. The summed E-state index contributed by atoms with van der Waals surface area (Å²) in [6.45, 7) is 2.96. The topological polar surface area (TPSA) is 96.6 Å². The zero-order valence-electron chi connectivity index (χ0n) is 19.6. The molecule has 1 fully saturated rings. The molecule has 0 unspecified atom stereocenters. The Balaban J connectivity index is 1.44. The number of carbonyl (C=O) groups is 1. The summed E-state index contributed by atoms with van der Waals surface area (Å²) in [7, 11) is 1.63. The monoisotopic (exact) mass is 526 g/mol. The Morgan fingerprint density at radius 3 is 2.56 bits per heavy atom. The number of ether oxygens (including phenoxy) is 1. The van der Waals surface area contributed by atoms with Gasteiger partial charge in [-0.2, -0.15) is 0 Å². The molecule has 1 N–H and O–H groups in total. The lowest BCUT2D eigenvalue weighted by atomic mass is 10.1. The second kappa shape index (κ2) is 10.3. The minimum atomic E-state index is -0.884. The quantitative estimate of drug-likeness (QED) is 0.385. The van der Waals surface area contributed by atoms with E-state index in [0.717, 1.165) is 39.5 Å². The molecule has 0 bridgehead atoms. The van der Waals surface area contributed by atoms with Crippen LogP contribution in [0.25, 0.3) is 22.3 Å². The molecule has 1 saturated heterocycles. The van der Waals surface area contributed by atoms with Gasteiger partial charge in [-0.3, -0.25) is 4.98 Å². The summed E-state index contributed by atoms with van der Waals surface area (Å²) in [5.41, 5.74) is 4.17. The lowest BCUT2D eigenvalue weighted by Gasteiger charge is -2.33. The molecule has 0 saturated carbocycles.